The van der Waals surface area contributed by atoms with Crippen LogP contribution >= 0.6 is 0 Å². The highest BCUT2D eigenvalue weighted by molar-refractivity contribution is 5.92. The van der Waals surface area contributed by atoms with E-state index in [4.69, 9.17) is 0 Å². The molecule has 3 aromatic rings. The summed E-state index contributed by atoms with van der Waals surface area (Å²) in [7, 11) is 0. The van der Waals surface area contributed by atoms with Crippen molar-refractivity contribution < 1.29 is 4.79 Å². The second kappa shape index (κ2) is 6.85. The fraction of sp³-hybridized carbons (Fsp3) is 0.429. The number of carbonyl (C=O) groups is 1. The Bertz CT molecular complexity index is 966. The van der Waals surface area contributed by atoms with Crippen molar-refractivity contribution in [1.29, 1.82) is 0 Å². The summed E-state index contributed by atoms with van der Waals surface area (Å²) < 4.78 is 2.00. The van der Waals surface area contributed by atoms with Gasteiger partial charge in [-0.2, -0.15) is 5.10 Å². The maximum atomic E-state index is 12.5. The molecule has 0 spiro atoms. The highest BCUT2D eigenvalue weighted by atomic mass is 16.2. The number of benzene rings is 1. The molecule has 2 aromatic heterocycles. The number of aromatic nitrogens is 3. The number of carbonyl (C=O) groups excluding carboxylic acids is 1. The molecule has 6 heteroatoms. The van der Waals surface area contributed by atoms with Gasteiger partial charge < -0.3 is 10.3 Å². The molecule has 0 atom stereocenters. The average molecular weight is 363 g/mol. The molecule has 1 aromatic carbocycles. The molecule has 27 heavy (non-hydrogen) atoms. The zero-order chi connectivity index (χ0) is 18.2. The zero-order valence-electron chi connectivity index (χ0n) is 15.4. The minimum absolute atomic E-state index is 0.0213. The largest absolute Gasteiger partial charge is 0.361 e. The van der Waals surface area contributed by atoms with E-state index >= 15 is 0 Å². The number of hydrogen-bond acceptors (Lipinski definition) is 3. The molecular weight excluding hydrogens is 338 g/mol. The molecular formula is C21H25N5O. The fourth-order valence-corrected chi connectivity index (χ4v) is 4.40. The van der Waals surface area contributed by atoms with E-state index in [-0.39, 0.29) is 5.91 Å². The van der Waals surface area contributed by atoms with E-state index < -0.39 is 0 Å². The molecule has 6 nitrogen and oxygen atoms in total. The normalized spacial score (nSPS) is 18.1. The molecule has 1 amide bonds. The van der Waals surface area contributed by atoms with Gasteiger partial charge in [-0.1, -0.05) is 31.0 Å². The molecule has 0 radical (unpaired) electrons. The molecule has 2 aliphatic rings. The maximum Gasteiger partial charge on any atom is 0.272 e. The molecule has 2 N–H and O–H groups in total. The van der Waals surface area contributed by atoms with Gasteiger partial charge in [-0.25, -0.2) is 0 Å². The number of nitrogens with zero attached hydrogens (tertiary/aromatic N) is 3. The van der Waals surface area contributed by atoms with Crippen molar-refractivity contribution in [3.05, 3.63) is 53.5 Å². The Morgan fingerprint density at radius 3 is 2.96 bits per heavy atom. The SMILES string of the molecule is O=C(NC1CCCC1)c1cc2n(n1)CCN(Cc1c[nH]c3ccccc13)C2. The van der Waals surface area contributed by atoms with Gasteiger partial charge >= 0.3 is 0 Å². The molecule has 0 saturated heterocycles. The van der Waals surface area contributed by atoms with Crippen LogP contribution < -0.4 is 5.32 Å². The summed E-state index contributed by atoms with van der Waals surface area (Å²) in [6.45, 7) is 3.49. The summed E-state index contributed by atoms with van der Waals surface area (Å²) in [6, 6.07) is 10.7. The van der Waals surface area contributed by atoms with Crippen molar-refractivity contribution >= 4 is 16.8 Å². The van der Waals surface area contributed by atoms with E-state index in [1.165, 1.54) is 29.3 Å². The van der Waals surface area contributed by atoms with Crippen molar-refractivity contribution in [3.63, 3.8) is 0 Å². The second-order valence-corrected chi connectivity index (χ2v) is 7.77. The Balaban J connectivity index is 1.28. The van der Waals surface area contributed by atoms with Crippen LogP contribution in [-0.2, 0) is 19.6 Å². The van der Waals surface area contributed by atoms with Crippen LogP contribution in [0.15, 0.2) is 36.5 Å². The van der Waals surface area contributed by atoms with E-state index in [9.17, 15) is 4.79 Å². The number of nitrogens with one attached hydrogen (secondary N) is 2. The quantitative estimate of drug-likeness (QED) is 0.749. The van der Waals surface area contributed by atoms with Gasteiger partial charge in [0.05, 0.1) is 12.2 Å². The minimum atomic E-state index is -0.0213. The van der Waals surface area contributed by atoms with E-state index in [1.54, 1.807) is 0 Å². The Hall–Kier alpha value is -2.60. The lowest BCUT2D eigenvalue weighted by atomic mass is 10.1. The van der Waals surface area contributed by atoms with Crippen LogP contribution in [-0.4, -0.2) is 38.2 Å². The van der Waals surface area contributed by atoms with Gasteiger partial charge in [0, 0.05) is 42.8 Å². The van der Waals surface area contributed by atoms with Gasteiger partial charge in [0.2, 0.25) is 0 Å². The van der Waals surface area contributed by atoms with Crippen LogP contribution in [0.4, 0.5) is 0 Å². The van der Waals surface area contributed by atoms with Crippen LogP contribution in [0.2, 0.25) is 0 Å². The van der Waals surface area contributed by atoms with Gasteiger partial charge in [0.15, 0.2) is 5.69 Å². The third kappa shape index (κ3) is 3.25. The van der Waals surface area contributed by atoms with Crippen LogP contribution in [0.25, 0.3) is 10.9 Å². The molecule has 3 heterocycles. The summed E-state index contributed by atoms with van der Waals surface area (Å²) >= 11 is 0. The smallest absolute Gasteiger partial charge is 0.272 e. The van der Waals surface area contributed by atoms with Crippen LogP contribution in [0.1, 0.15) is 47.4 Å². The van der Waals surface area contributed by atoms with E-state index in [0.717, 1.165) is 44.7 Å². The number of aromatic amines is 1. The first-order valence-electron chi connectivity index (χ1n) is 9.91. The molecule has 5 rings (SSSR count). The van der Waals surface area contributed by atoms with Crippen LogP contribution in [0, 0.1) is 0 Å². The lowest BCUT2D eigenvalue weighted by molar-refractivity contribution is 0.0931. The predicted molar refractivity (Wildman–Crippen MR) is 104 cm³/mol. The molecule has 0 unspecified atom stereocenters. The number of rotatable bonds is 4. The zero-order valence-corrected chi connectivity index (χ0v) is 15.4. The molecule has 1 fully saturated rings. The number of fused-ring (bicyclic) bond motifs is 2. The minimum Gasteiger partial charge on any atom is -0.361 e. The summed E-state index contributed by atoms with van der Waals surface area (Å²) in [5.41, 5.74) is 4.18. The first-order valence-corrected chi connectivity index (χ1v) is 9.91. The summed E-state index contributed by atoms with van der Waals surface area (Å²) in [5, 5.41) is 8.97. The van der Waals surface area contributed by atoms with E-state index in [1.807, 2.05) is 10.7 Å². The fourth-order valence-electron chi connectivity index (χ4n) is 4.40. The van der Waals surface area contributed by atoms with Gasteiger partial charge in [-0.3, -0.25) is 14.4 Å². The number of amides is 1. The highest BCUT2D eigenvalue weighted by Gasteiger charge is 2.24. The summed E-state index contributed by atoms with van der Waals surface area (Å²) in [6.07, 6.45) is 6.73. The van der Waals surface area contributed by atoms with Gasteiger partial charge in [0.25, 0.3) is 5.91 Å². The van der Waals surface area contributed by atoms with Crippen molar-refractivity contribution in [1.82, 2.24) is 25.0 Å². The van der Waals surface area contributed by atoms with Crippen molar-refractivity contribution in [2.45, 2.75) is 51.4 Å². The third-order valence-corrected chi connectivity index (χ3v) is 5.87. The molecule has 0 bridgehead atoms. The van der Waals surface area contributed by atoms with Gasteiger partial charge in [-0.15, -0.1) is 0 Å². The Kier molecular flexibility index (Phi) is 4.20. The van der Waals surface area contributed by atoms with Crippen molar-refractivity contribution in [2.24, 2.45) is 0 Å². The van der Waals surface area contributed by atoms with Crippen molar-refractivity contribution in [2.75, 3.05) is 6.54 Å². The van der Waals surface area contributed by atoms with E-state index in [2.05, 4.69) is 50.8 Å². The monoisotopic (exact) mass is 363 g/mol. The lowest BCUT2D eigenvalue weighted by Gasteiger charge is -2.27. The second-order valence-electron chi connectivity index (χ2n) is 7.77. The third-order valence-electron chi connectivity index (χ3n) is 5.87. The topological polar surface area (TPSA) is 66.0 Å². The lowest BCUT2D eigenvalue weighted by Crippen LogP contribution is -2.33. The maximum absolute atomic E-state index is 12.5. The van der Waals surface area contributed by atoms with Gasteiger partial charge in [-0.05, 0) is 30.5 Å². The number of para-hydroxylation sites is 1. The molecule has 1 saturated carbocycles. The van der Waals surface area contributed by atoms with E-state index in [0.29, 0.717) is 11.7 Å². The van der Waals surface area contributed by atoms with Gasteiger partial charge in [0.1, 0.15) is 0 Å². The number of H-pyrrole nitrogens is 1. The Morgan fingerprint density at radius 1 is 1.22 bits per heavy atom. The average Bonchev–Trinajstić information content (AvgIpc) is 3.41. The number of hydrogen-bond donors (Lipinski definition) is 2. The first-order chi connectivity index (χ1) is 13.3. The molecule has 1 aliphatic heterocycles. The summed E-state index contributed by atoms with van der Waals surface area (Å²) in [5.74, 6) is -0.0213. The van der Waals surface area contributed by atoms with Crippen LogP contribution in [0.5, 0.6) is 0 Å². The molecule has 1 aliphatic carbocycles. The first kappa shape index (κ1) is 16.6. The highest BCUT2D eigenvalue weighted by Crippen LogP contribution is 2.22. The summed E-state index contributed by atoms with van der Waals surface area (Å²) in [4.78, 5) is 18.3. The van der Waals surface area contributed by atoms with Crippen LogP contribution in [0.3, 0.4) is 0 Å². The Morgan fingerprint density at radius 2 is 2.07 bits per heavy atom. The van der Waals surface area contributed by atoms with Crippen molar-refractivity contribution in [3.8, 4) is 0 Å². The molecule has 140 valence electrons. The predicted octanol–water partition coefficient (Wildman–Crippen LogP) is 3.05. The standard InChI is InChI=1S/C21H25N5O/c27-21(23-16-5-1-2-6-16)20-11-17-14-25(9-10-26(17)24-20)13-15-12-22-19-8-4-3-7-18(15)19/h3-4,7-8,11-12,16,22H,1-2,5-6,9-10,13-14H2,(H,23,27). The Labute approximate surface area is 158 Å².